The predicted molar refractivity (Wildman–Crippen MR) is 30.2 cm³/mol. The molecule has 0 radical (unpaired) electrons. The SMILES string of the molecule is F[C@H]1[C@H]2N[C@H]2[C@@H]2OC[C@H]1O2. The van der Waals surface area contributed by atoms with Gasteiger partial charge in [-0.05, 0) is 0 Å². The number of alkyl halides is 1. The summed E-state index contributed by atoms with van der Waals surface area (Å²) in [6.45, 7) is 0.431. The number of hydrogen-bond acceptors (Lipinski definition) is 3. The summed E-state index contributed by atoms with van der Waals surface area (Å²) >= 11 is 0. The summed E-state index contributed by atoms with van der Waals surface area (Å²) in [5, 5.41) is 2.99. The molecule has 0 aromatic heterocycles. The van der Waals surface area contributed by atoms with Crippen LogP contribution in [0.1, 0.15) is 0 Å². The van der Waals surface area contributed by atoms with Crippen molar-refractivity contribution in [1.82, 2.24) is 5.32 Å². The lowest BCUT2D eigenvalue weighted by atomic mass is 10.1. The second kappa shape index (κ2) is 1.52. The van der Waals surface area contributed by atoms with Crippen LogP contribution in [0.2, 0.25) is 0 Å². The third-order valence-electron chi connectivity index (χ3n) is 2.39. The molecular formula is C6H8FNO2. The van der Waals surface area contributed by atoms with Gasteiger partial charge < -0.3 is 14.8 Å². The van der Waals surface area contributed by atoms with E-state index in [1.54, 1.807) is 0 Å². The molecular weight excluding hydrogens is 137 g/mol. The van der Waals surface area contributed by atoms with Crippen LogP contribution in [-0.4, -0.2) is 37.3 Å². The van der Waals surface area contributed by atoms with E-state index in [1.807, 2.05) is 0 Å². The van der Waals surface area contributed by atoms with Gasteiger partial charge in [0.05, 0.1) is 18.7 Å². The van der Waals surface area contributed by atoms with Gasteiger partial charge >= 0.3 is 0 Å². The molecule has 0 saturated carbocycles. The van der Waals surface area contributed by atoms with E-state index < -0.39 is 6.17 Å². The zero-order valence-corrected chi connectivity index (χ0v) is 5.29. The smallest absolute Gasteiger partial charge is 0.175 e. The van der Waals surface area contributed by atoms with E-state index >= 15 is 0 Å². The lowest BCUT2D eigenvalue weighted by molar-refractivity contribution is -0.0873. The van der Waals surface area contributed by atoms with Gasteiger partial charge in [-0.25, -0.2) is 4.39 Å². The Labute approximate surface area is 57.5 Å². The van der Waals surface area contributed by atoms with E-state index in [4.69, 9.17) is 9.47 Å². The predicted octanol–water partition coefficient (Wildman–Crippen LogP) is -0.580. The van der Waals surface area contributed by atoms with E-state index in [0.717, 1.165) is 0 Å². The van der Waals surface area contributed by atoms with E-state index in [9.17, 15) is 4.39 Å². The van der Waals surface area contributed by atoms with Gasteiger partial charge in [0.25, 0.3) is 0 Å². The lowest BCUT2D eigenvalue weighted by Gasteiger charge is -2.18. The van der Waals surface area contributed by atoms with Crippen LogP contribution in [0.4, 0.5) is 4.39 Å². The van der Waals surface area contributed by atoms with Crippen LogP contribution in [0.5, 0.6) is 0 Å². The Kier molecular flexibility index (Phi) is 0.829. The average Bonchev–Trinajstić information content (AvgIpc) is 2.61. The molecule has 3 aliphatic rings. The molecule has 3 aliphatic heterocycles. The highest BCUT2D eigenvalue weighted by atomic mass is 19.1. The zero-order valence-electron chi connectivity index (χ0n) is 5.29. The van der Waals surface area contributed by atoms with Crippen LogP contribution in [0, 0.1) is 0 Å². The molecule has 0 aliphatic carbocycles. The molecule has 4 heteroatoms. The molecule has 0 unspecified atom stereocenters. The van der Waals surface area contributed by atoms with E-state index in [2.05, 4.69) is 5.32 Å². The second-order valence-electron chi connectivity index (χ2n) is 3.04. The number of ether oxygens (including phenoxy) is 2. The largest absolute Gasteiger partial charge is 0.348 e. The van der Waals surface area contributed by atoms with Gasteiger partial charge in [0.2, 0.25) is 0 Å². The maximum Gasteiger partial charge on any atom is 0.175 e. The third-order valence-corrected chi connectivity index (χ3v) is 2.39. The maximum atomic E-state index is 13.0. The number of rotatable bonds is 0. The molecule has 0 aromatic carbocycles. The van der Waals surface area contributed by atoms with Gasteiger partial charge in [0.1, 0.15) is 12.3 Å². The molecule has 0 amide bonds. The van der Waals surface area contributed by atoms with E-state index in [0.29, 0.717) is 6.61 Å². The van der Waals surface area contributed by atoms with E-state index in [-0.39, 0.29) is 24.5 Å². The average molecular weight is 145 g/mol. The van der Waals surface area contributed by atoms with Crippen molar-refractivity contribution < 1.29 is 13.9 Å². The standard InChI is InChI=1S/C6H8FNO2/c7-3-2-1-9-6(10-2)5-4(3)8-5/h2-6,8H,1H2/t2-,3-,4-,5-,6-/m1/s1. The van der Waals surface area contributed by atoms with Gasteiger partial charge in [-0.1, -0.05) is 0 Å². The molecule has 0 spiro atoms. The summed E-state index contributed by atoms with van der Waals surface area (Å²) in [5.41, 5.74) is 0. The Morgan fingerprint density at radius 3 is 3.20 bits per heavy atom. The highest BCUT2D eigenvalue weighted by Gasteiger charge is 2.59. The molecule has 3 saturated heterocycles. The lowest BCUT2D eigenvalue weighted by Crippen LogP contribution is -2.36. The second-order valence-corrected chi connectivity index (χ2v) is 3.04. The van der Waals surface area contributed by atoms with Crippen molar-refractivity contribution in [2.24, 2.45) is 0 Å². The first-order chi connectivity index (χ1) is 4.86. The summed E-state index contributed by atoms with van der Waals surface area (Å²) < 4.78 is 23.4. The van der Waals surface area contributed by atoms with Crippen molar-refractivity contribution in [1.29, 1.82) is 0 Å². The summed E-state index contributed by atoms with van der Waals surface area (Å²) in [6, 6.07) is 0.153. The molecule has 3 rings (SSSR count). The molecule has 2 bridgehead atoms. The van der Waals surface area contributed by atoms with Gasteiger partial charge in [-0.3, -0.25) is 0 Å². The first kappa shape index (κ1) is 5.46. The molecule has 1 N–H and O–H groups in total. The first-order valence-electron chi connectivity index (χ1n) is 3.53. The van der Waals surface area contributed by atoms with Crippen molar-refractivity contribution in [3.8, 4) is 0 Å². The summed E-state index contributed by atoms with van der Waals surface area (Å²) in [6.07, 6.45) is -1.33. The van der Waals surface area contributed by atoms with E-state index in [1.165, 1.54) is 0 Å². The van der Waals surface area contributed by atoms with Crippen molar-refractivity contribution in [2.75, 3.05) is 6.61 Å². The van der Waals surface area contributed by atoms with Gasteiger partial charge in [0, 0.05) is 0 Å². The number of halogens is 1. The quantitative estimate of drug-likeness (QED) is 0.463. The minimum Gasteiger partial charge on any atom is -0.348 e. The fourth-order valence-corrected chi connectivity index (χ4v) is 1.73. The molecule has 3 nitrogen and oxygen atoms in total. The highest BCUT2D eigenvalue weighted by molar-refractivity contribution is 5.12. The molecule has 56 valence electrons. The maximum absolute atomic E-state index is 13.0. The highest BCUT2D eigenvalue weighted by Crippen LogP contribution is 2.37. The number of fused-ring (bicyclic) bond motifs is 4. The van der Waals surface area contributed by atoms with Crippen molar-refractivity contribution in [2.45, 2.75) is 30.6 Å². The number of hydrogen-bond donors (Lipinski definition) is 1. The van der Waals surface area contributed by atoms with Gasteiger partial charge in [-0.15, -0.1) is 0 Å². The van der Waals surface area contributed by atoms with Crippen LogP contribution in [-0.2, 0) is 9.47 Å². The monoisotopic (exact) mass is 145 g/mol. The Bertz CT molecular complexity index is 175. The third kappa shape index (κ3) is 0.504. The molecule has 3 heterocycles. The summed E-state index contributed by atoms with van der Waals surface area (Å²) in [4.78, 5) is 0. The van der Waals surface area contributed by atoms with Crippen LogP contribution >= 0.6 is 0 Å². The van der Waals surface area contributed by atoms with Gasteiger partial charge in [-0.2, -0.15) is 0 Å². The van der Waals surface area contributed by atoms with Crippen LogP contribution < -0.4 is 5.32 Å². The van der Waals surface area contributed by atoms with Crippen LogP contribution in [0.25, 0.3) is 0 Å². The Morgan fingerprint density at radius 1 is 1.40 bits per heavy atom. The fraction of sp³-hybridized carbons (Fsp3) is 1.00. The molecule has 10 heavy (non-hydrogen) atoms. The van der Waals surface area contributed by atoms with Crippen LogP contribution in [0.15, 0.2) is 0 Å². The Hall–Kier alpha value is -0.190. The minimum absolute atomic E-state index is 0.0197. The zero-order chi connectivity index (χ0) is 6.72. The Morgan fingerprint density at radius 2 is 2.30 bits per heavy atom. The topological polar surface area (TPSA) is 40.4 Å². The molecule has 0 aromatic rings. The van der Waals surface area contributed by atoms with Crippen molar-refractivity contribution in [3.05, 3.63) is 0 Å². The summed E-state index contributed by atoms with van der Waals surface area (Å²) in [5.74, 6) is 0. The molecule has 5 atom stereocenters. The normalized spacial score (nSPS) is 63.9. The Balaban J connectivity index is 1.91. The van der Waals surface area contributed by atoms with Crippen molar-refractivity contribution in [3.63, 3.8) is 0 Å². The first-order valence-corrected chi connectivity index (χ1v) is 3.53. The summed E-state index contributed by atoms with van der Waals surface area (Å²) in [7, 11) is 0. The van der Waals surface area contributed by atoms with Crippen LogP contribution in [0.3, 0.4) is 0 Å². The van der Waals surface area contributed by atoms with Crippen molar-refractivity contribution >= 4 is 0 Å². The number of nitrogens with one attached hydrogen (secondary N) is 1. The molecule has 3 fully saturated rings. The minimum atomic E-state index is -0.858. The fourth-order valence-electron chi connectivity index (χ4n) is 1.73. The van der Waals surface area contributed by atoms with Gasteiger partial charge in [0.15, 0.2) is 6.29 Å².